The molecule has 0 fully saturated rings. The first kappa shape index (κ1) is 33.9. The lowest BCUT2D eigenvalue weighted by atomic mass is 10.1. The molecule has 2 aromatic carbocycles. The van der Waals surface area contributed by atoms with Crippen LogP contribution in [-0.4, -0.2) is 27.7 Å². The molecule has 0 aliphatic carbocycles. The predicted octanol–water partition coefficient (Wildman–Crippen LogP) is 10.6. The Hall–Kier alpha value is -2.32. The molecule has 0 saturated heterocycles. The van der Waals surface area contributed by atoms with Crippen molar-refractivity contribution in [3.63, 3.8) is 0 Å². The van der Waals surface area contributed by atoms with E-state index in [-0.39, 0.29) is 6.42 Å². The van der Waals surface area contributed by atoms with Crippen molar-refractivity contribution in [2.45, 2.75) is 123 Å². The lowest BCUT2D eigenvalue weighted by Gasteiger charge is -2.43. The Morgan fingerprint density at radius 2 is 0.975 bits per heavy atom. The molecule has 6 heteroatoms. The molecule has 0 heterocycles. The van der Waals surface area contributed by atoms with Gasteiger partial charge in [0.1, 0.15) is 11.5 Å². The Bertz CT molecular complexity index is 1040. The normalized spacial score (nSPS) is 13.1. The van der Waals surface area contributed by atoms with Gasteiger partial charge in [0, 0.05) is 6.07 Å². The minimum absolute atomic E-state index is 0.0322. The van der Waals surface area contributed by atoms with Gasteiger partial charge < -0.3 is 14.0 Å². The smallest absolute Gasteiger partial charge is 0.307 e. The van der Waals surface area contributed by atoms with Crippen molar-refractivity contribution in [1.82, 2.24) is 0 Å². The molecule has 0 unspecified atom stereocenters. The maximum absolute atomic E-state index is 11.0. The molecule has 0 amide bonds. The Labute approximate surface area is 246 Å². The van der Waals surface area contributed by atoms with Gasteiger partial charge in [0.05, 0.1) is 6.42 Å². The third-order valence-electron chi connectivity index (χ3n) is 8.71. The Morgan fingerprint density at radius 1 is 0.625 bits per heavy atom. The summed E-state index contributed by atoms with van der Waals surface area (Å²) >= 11 is 0. The van der Waals surface area contributed by atoms with Gasteiger partial charge in [-0.15, -0.1) is 0 Å². The molecule has 2 rings (SSSR count). The summed E-state index contributed by atoms with van der Waals surface area (Å²) in [4.78, 5) is 11.0. The van der Waals surface area contributed by atoms with E-state index < -0.39 is 22.6 Å². The highest BCUT2D eigenvalue weighted by Crippen LogP contribution is 2.46. The summed E-state index contributed by atoms with van der Waals surface area (Å²) in [5.74, 6) is 0.979. The molecule has 0 aliphatic heterocycles. The van der Waals surface area contributed by atoms with Crippen LogP contribution in [0.4, 0.5) is 0 Å². The zero-order valence-electron chi connectivity index (χ0n) is 27.0. The van der Waals surface area contributed by atoms with Gasteiger partial charge in [0.15, 0.2) is 0 Å². The van der Waals surface area contributed by atoms with Crippen molar-refractivity contribution in [2.75, 3.05) is 0 Å². The van der Waals surface area contributed by atoms with E-state index in [1.807, 2.05) is 24.3 Å². The van der Waals surface area contributed by atoms with E-state index in [1.165, 1.54) is 0 Å². The second-order valence-electron chi connectivity index (χ2n) is 13.2. The molecule has 0 aliphatic rings. The van der Waals surface area contributed by atoms with Crippen LogP contribution >= 0.6 is 0 Å². The summed E-state index contributed by atoms with van der Waals surface area (Å²) in [5, 5.41) is 9.07. The van der Waals surface area contributed by atoms with E-state index in [9.17, 15) is 4.79 Å². The fourth-order valence-corrected chi connectivity index (χ4v) is 17.5. The summed E-state index contributed by atoms with van der Waals surface area (Å²) in [5.41, 5.74) is 5.67. The van der Waals surface area contributed by atoms with Crippen LogP contribution in [0.2, 0.25) is 33.2 Å². The third kappa shape index (κ3) is 7.70. The van der Waals surface area contributed by atoms with E-state index in [2.05, 4.69) is 113 Å². The monoisotopic (exact) mass is 582 g/mol. The average Bonchev–Trinajstić information content (AvgIpc) is 2.83. The number of rotatable bonds is 14. The topological polar surface area (TPSA) is 55.8 Å². The van der Waals surface area contributed by atoms with Crippen LogP contribution in [0.1, 0.15) is 99.8 Å². The molecular formula is C34H54O4Si2. The first-order valence-corrected chi connectivity index (χ1v) is 19.4. The van der Waals surface area contributed by atoms with E-state index in [0.717, 1.165) is 28.2 Å². The van der Waals surface area contributed by atoms with E-state index >= 15 is 0 Å². The van der Waals surface area contributed by atoms with Crippen molar-refractivity contribution in [3.05, 3.63) is 59.2 Å². The molecule has 0 saturated carbocycles. The lowest BCUT2D eigenvalue weighted by molar-refractivity contribution is -0.136. The summed E-state index contributed by atoms with van der Waals surface area (Å²) < 4.78 is 14.3. The minimum atomic E-state index is -2.16. The third-order valence-corrected chi connectivity index (χ3v) is 20.7. The summed E-state index contributed by atoms with van der Waals surface area (Å²) in [6.07, 6.45) is 4.21. The van der Waals surface area contributed by atoms with E-state index in [0.29, 0.717) is 33.2 Å². The first-order chi connectivity index (χ1) is 18.6. The Balaban J connectivity index is 2.63. The van der Waals surface area contributed by atoms with Crippen molar-refractivity contribution < 1.29 is 18.8 Å². The number of hydrogen-bond donors (Lipinski definition) is 1. The fraction of sp³-hybridized carbons (Fsp3) is 0.559. The maximum Gasteiger partial charge on any atom is 0.307 e. The van der Waals surface area contributed by atoms with Crippen LogP contribution in [-0.2, 0) is 11.2 Å². The van der Waals surface area contributed by atoms with Crippen LogP contribution in [0.5, 0.6) is 11.5 Å². The molecule has 1 N–H and O–H groups in total. The Morgan fingerprint density at radius 3 is 1.30 bits per heavy atom. The maximum atomic E-state index is 11.0. The molecule has 0 spiro atoms. The molecule has 0 bridgehead atoms. The second-order valence-corrected chi connectivity index (χ2v) is 24.0. The fourth-order valence-electron chi connectivity index (χ4n) is 7.04. The first-order valence-electron chi connectivity index (χ1n) is 15.1. The SMILES string of the molecule is CC(C)[Si](Oc1cc(C=Cc2ccc(CC(=O)O)cc2)cc(O[Si](C(C)C)(C(C)C)C(C)C)c1)(C(C)C)C(C)C. The standard InChI is InChI=1S/C34H54O4Si2/c1-23(2)39(24(3)4,25(5)6)37-32-19-31(18-15-29-13-16-30(17-14-29)21-34(35)36)20-33(22-32)38-40(26(7)8,27(9)10)28(11)12/h13-20,22-28H,21H2,1-12H3,(H,35,36). The van der Waals surface area contributed by atoms with Gasteiger partial charge in [-0.3, -0.25) is 4.79 Å². The number of carbonyl (C=O) groups is 1. The van der Waals surface area contributed by atoms with Crippen LogP contribution in [0.3, 0.4) is 0 Å². The second kappa shape index (κ2) is 14.0. The van der Waals surface area contributed by atoms with Gasteiger partial charge in [0.25, 0.3) is 16.6 Å². The van der Waals surface area contributed by atoms with Gasteiger partial charge in [-0.1, -0.05) is 120 Å². The number of carboxylic acid groups (broad SMARTS) is 1. The van der Waals surface area contributed by atoms with Crippen molar-refractivity contribution in [2.24, 2.45) is 0 Å². The molecule has 4 nitrogen and oxygen atoms in total. The van der Waals surface area contributed by atoms with Gasteiger partial charge in [0.2, 0.25) is 0 Å². The summed E-state index contributed by atoms with van der Waals surface area (Å²) in [7, 11) is -4.32. The number of benzene rings is 2. The molecule has 0 atom stereocenters. The Kier molecular flexibility index (Phi) is 11.9. The van der Waals surface area contributed by atoms with E-state index in [4.69, 9.17) is 14.0 Å². The summed E-state index contributed by atoms with van der Waals surface area (Å²) in [6, 6.07) is 14.1. The number of hydrogen-bond acceptors (Lipinski definition) is 3. The van der Waals surface area contributed by atoms with Crippen molar-refractivity contribution in [1.29, 1.82) is 0 Å². The van der Waals surface area contributed by atoms with Crippen LogP contribution in [0.25, 0.3) is 12.2 Å². The van der Waals surface area contributed by atoms with Gasteiger partial charge in [-0.05, 0) is 62.1 Å². The van der Waals surface area contributed by atoms with Crippen LogP contribution in [0, 0.1) is 0 Å². The lowest BCUT2D eigenvalue weighted by Crippen LogP contribution is -2.51. The highest BCUT2D eigenvalue weighted by Gasteiger charge is 2.48. The zero-order valence-corrected chi connectivity index (χ0v) is 29.0. The number of carboxylic acids is 1. The largest absolute Gasteiger partial charge is 0.543 e. The van der Waals surface area contributed by atoms with E-state index in [1.54, 1.807) is 0 Å². The molecular weight excluding hydrogens is 529 g/mol. The zero-order chi connectivity index (χ0) is 30.4. The van der Waals surface area contributed by atoms with Crippen LogP contribution < -0.4 is 8.85 Å². The highest BCUT2D eigenvalue weighted by atomic mass is 28.4. The van der Waals surface area contributed by atoms with Gasteiger partial charge in [-0.2, -0.15) is 0 Å². The van der Waals surface area contributed by atoms with Crippen molar-refractivity contribution >= 4 is 34.8 Å². The predicted molar refractivity (Wildman–Crippen MR) is 177 cm³/mol. The number of aliphatic carboxylic acids is 1. The highest BCUT2D eigenvalue weighted by molar-refractivity contribution is 6.78. The molecule has 0 aromatic heterocycles. The minimum Gasteiger partial charge on any atom is -0.543 e. The summed E-state index contributed by atoms with van der Waals surface area (Å²) in [6.45, 7) is 27.8. The average molecular weight is 583 g/mol. The van der Waals surface area contributed by atoms with Gasteiger partial charge in [-0.25, -0.2) is 0 Å². The molecule has 2 aromatic rings. The molecule has 222 valence electrons. The molecule has 40 heavy (non-hydrogen) atoms. The van der Waals surface area contributed by atoms with Crippen LogP contribution in [0.15, 0.2) is 42.5 Å². The van der Waals surface area contributed by atoms with Crippen molar-refractivity contribution in [3.8, 4) is 11.5 Å². The molecule has 0 radical (unpaired) electrons. The quantitative estimate of drug-likeness (QED) is 0.178. The van der Waals surface area contributed by atoms with Gasteiger partial charge >= 0.3 is 5.97 Å².